The minimum atomic E-state index is 0.746. The zero-order chi connectivity index (χ0) is 6.77. The van der Waals surface area contributed by atoms with Crippen LogP contribution in [0.25, 0.3) is 0 Å². The Bertz CT molecular complexity index is 219. The maximum atomic E-state index is 4.55. The lowest BCUT2D eigenvalue weighted by atomic mass is 10.2. The van der Waals surface area contributed by atoms with Gasteiger partial charge in [-0.3, -0.25) is 4.99 Å². The number of hydrogen-bond donors (Lipinski definition) is 0. The van der Waals surface area contributed by atoms with Gasteiger partial charge in [-0.25, -0.2) is 0 Å². The maximum absolute atomic E-state index is 4.55. The molecule has 10 heavy (non-hydrogen) atoms. The molecule has 3 rings (SSSR count). The SMILES string of the molecule is CCN=C1C2CCC3CC132. The van der Waals surface area contributed by atoms with Crippen molar-refractivity contribution in [3.05, 3.63) is 0 Å². The van der Waals surface area contributed by atoms with Gasteiger partial charge in [0.15, 0.2) is 0 Å². The second-order valence-electron chi connectivity index (χ2n) is 3.93. The van der Waals surface area contributed by atoms with Gasteiger partial charge in [0.05, 0.1) is 0 Å². The Morgan fingerprint density at radius 2 is 2.50 bits per heavy atom. The van der Waals surface area contributed by atoms with Gasteiger partial charge in [0.1, 0.15) is 0 Å². The highest BCUT2D eigenvalue weighted by Gasteiger charge is 2.78. The highest BCUT2D eigenvalue weighted by atomic mass is 14.9. The van der Waals surface area contributed by atoms with Crippen LogP contribution < -0.4 is 0 Å². The number of rotatable bonds is 1. The molecule has 0 amide bonds. The lowest BCUT2D eigenvalue weighted by Gasteiger charge is -1.88. The fourth-order valence-corrected chi connectivity index (χ4v) is 3.08. The largest absolute Gasteiger partial charge is 0.293 e. The standard InChI is InChI=1S/C9H13N/c1-2-10-8-7-4-3-6-5-9(6,7)8/h6-7H,2-5H2,1H3. The van der Waals surface area contributed by atoms with Gasteiger partial charge in [0, 0.05) is 23.6 Å². The number of hydrogen-bond acceptors (Lipinski definition) is 1. The first-order chi connectivity index (χ1) is 4.89. The summed E-state index contributed by atoms with van der Waals surface area (Å²) in [5, 5.41) is 0. The van der Waals surface area contributed by atoms with Gasteiger partial charge in [0.25, 0.3) is 0 Å². The fraction of sp³-hybridized carbons (Fsp3) is 0.889. The van der Waals surface area contributed by atoms with Crippen LogP contribution in [0.4, 0.5) is 0 Å². The van der Waals surface area contributed by atoms with Crippen LogP contribution in [0.5, 0.6) is 0 Å². The predicted octanol–water partition coefficient (Wildman–Crippen LogP) is 1.88. The molecule has 0 radical (unpaired) electrons. The molecule has 3 unspecified atom stereocenters. The molecule has 0 heterocycles. The van der Waals surface area contributed by atoms with Gasteiger partial charge in [-0.1, -0.05) is 0 Å². The summed E-state index contributed by atoms with van der Waals surface area (Å²) in [6.45, 7) is 3.16. The molecule has 1 spiro atoms. The van der Waals surface area contributed by atoms with Crippen LogP contribution >= 0.6 is 0 Å². The highest BCUT2D eigenvalue weighted by molar-refractivity contribution is 6.12. The van der Waals surface area contributed by atoms with Gasteiger partial charge < -0.3 is 0 Å². The average Bonchev–Trinajstić information content (AvgIpc) is 2.75. The molecule has 3 aliphatic carbocycles. The van der Waals surface area contributed by atoms with Gasteiger partial charge >= 0.3 is 0 Å². The lowest BCUT2D eigenvalue weighted by Crippen LogP contribution is -1.85. The number of aliphatic imine (C=N–C) groups is 1. The van der Waals surface area contributed by atoms with E-state index in [0.29, 0.717) is 0 Å². The van der Waals surface area contributed by atoms with Crippen molar-refractivity contribution in [2.45, 2.75) is 26.2 Å². The summed E-state index contributed by atoms with van der Waals surface area (Å²) < 4.78 is 0. The van der Waals surface area contributed by atoms with Crippen LogP contribution in [0.1, 0.15) is 26.2 Å². The maximum Gasteiger partial charge on any atom is 0.0360 e. The predicted molar refractivity (Wildman–Crippen MR) is 41.2 cm³/mol. The van der Waals surface area contributed by atoms with Crippen LogP contribution in [0.2, 0.25) is 0 Å². The lowest BCUT2D eigenvalue weighted by molar-refractivity contribution is 0.708. The van der Waals surface area contributed by atoms with Crippen molar-refractivity contribution in [3.8, 4) is 0 Å². The topological polar surface area (TPSA) is 12.4 Å². The fourth-order valence-electron chi connectivity index (χ4n) is 3.08. The minimum Gasteiger partial charge on any atom is -0.293 e. The van der Waals surface area contributed by atoms with Crippen molar-refractivity contribution < 1.29 is 0 Å². The van der Waals surface area contributed by atoms with Gasteiger partial charge in [0.2, 0.25) is 0 Å². The Labute approximate surface area is 61.5 Å². The quantitative estimate of drug-likeness (QED) is 0.520. The van der Waals surface area contributed by atoms with Crippen LogP contribution in [0.3, 0.4) is 0 Å². The molecule has 0 saturated heterocycles. The molecule has 3 fully saturated rings. The first-order valence-corrected chi connectivity index (χ1v) is 4.44. The van der Waals surface area contributed by atoms with Crippen LogP contribution in [0.15, 0.2) is 4.99 Å². The molecule has 0 bridgehead atoms. The first-order valence-electron chi connectivity index (χ1n) is 4.44. The molecular formula is C9H13N. The van der Waals surface area contributed by atoms with Gasteiger partial charge in [-0.15, -0.1) is 0 Å². The van der Waals surface area contributed by atoms with Crippen molar-refractivity contribution in [1.82, 2.24) is 0 Å². The second kappa shape index (κ2) is 1.32. The Kier molecular flexibility index (Phi) is 0.704. The molecule has 0 aromatic rings. The third-order valence-corrected chi connectivity index (χ3v) is 3.63. The van der Waals surface area contributed by atoms with E-state index in [1.54, 1.807) is 5.71 Å². The van der Waals surface area contributed by atoms with E-state index in [4.69, 9.17) is 0 Å². The summed E-state index contributed by atoms with van der Waals surface area (Å²) in [6.07, 6.45) is 4.47. The van der Waals surface area contributed by atoms with Crippen molar-refractivity contribution in [2.75, 3.05) is 6.54 Å². The summed E-state index contributed by atoms with van der Waals surface area (Å²) in [7, 11) is 0. The normalized spacial score (nSPS) is 58.3. The molecular weight excluding hydrogens is 122 g/mol. The minimum absolute atomic E-state index is 0.746. The molecule has 0 aromatic carbocycles. The van der Waals surface area contributed by atoms with Gasteiger partial charge in [-0.2, -0.15) is 0 Å². The average molecular weight is 135 g/mol. The van der Waals surface area contributed by atoms with Crippen molar-refractivity contribution in [3.63, 3.8) is 0 Å². The van der Waals surface area contributed by atoms with E-state index in [2.05, 4.69) is 11.9 Å². The molecule has 1 heteroatoms. The van der Waals surface area contributed by atoms with E-state index < -0.39 is 0 Å². The molecule has 3 aliphatic rings. The third-order valence-electron chi connectivity index (χ3n) is 3.63. The molecule has 0 N–H and O–H groups in total. The monoisotopic (exact) mass is 135 g/mol. The summed E-state index contributed by atoms with van der Waals surface area (Å²) >= 11 is 0. The zero-order valence-corrected chi connectivity index (χ0v) is 6.43. The van der Waals surface area contributed by atoms with E-state index in [1.807, 2.05) is 0 Å². The number of nitrogens with zero attached hydrogens (tertiary/aromatic N) is 1. The van der Waals surface area contributed by atoms with E-state index in [-0.39, 0.29) is 0 Å². The summed E-state index contributed by atoms with van der Waals surface area (Å²) in [4.78, 5) is 4.55. The first kappa shape index (κ1) is 5.34. The Morgan fingerprint density at radius 1 is 1.60 bits per heavy atom. The third kappa shape index (κ3) is 0.363. The summed E-state index contributed by atoms with van der Waals surface area (Å²) in [6, 6.07) is 0. The Balaban J connectivity index is 1.92. The smallest absolute Gasteiger partial charge is 0.0360 e. The highest BCUT2D eigenvalue weighted by Crippen LogP contribution is 2.79. The van der Waals surface area contributed by atoms with Crippen molar-refractivity contribution in [2.24, 2.45) is 22.2 Å². The zero-order valence-electron chi connectivity index (χ0n) is 6.43. The van der Waals surface area contributed by atoms with Crippen LogP contribution in [0, 0.1) is 17.3 Å². The molecule has 3 atom stereocenters. The van der Waals surface area contributed by atoms with Crippen LogP contribution in [-0.2, 0) is 0 Å². The molecule has 0 aromatic heterocycles. The van der Waals surface area contributed by atoms with Crippen LogP contribution in [-0.4, -0.2) is 12.3 Å². The van der Waals surface area contributed by atoms with Crippen molar-refractivity contribution >= 4 is 5.71 Å². The molecule has 54 valence electrons. The molecule has 1 nitrogen and oxygen atoms in total. The van der Waals surface area contributed by atoms with Gasteiger partial charge in [-0.05, 0) is 32.1 Å². The molecule has 0 aliphatic heterocycles. The van der Waals surface area contributed by atoms with E-state index >= 15 is 0 Å². The van der Waals surface area contributed by atoms with Crippen molar-refractivity contribution in [1.29, 1.82) is 0 Å². The molecule has 3 saturated carbocycles. The summed E-state index contributed by atoms with van der Waals surface area (Å²) in [5.41, 5.74) is 2.35. The van der Waals surface area contributed by atoms with E-state index in [1.165, 1.54) is 19.3 Å². The Morgan fingerprint density at radius 3 is 3.00 bits per heavy atom. The van der Waals surface area contributed by atoms with E-state index in [9.17, 15) is 0 Å². The second-order valence-corrected chi connectivity index (χ2v) is 3.93. The van der Waals surface area contributed by atoms with E-state index in [0.717, 1.165) is 23.8 Å². The Hall–Kier alpha value is -0.330. The summed E-state index contributed by atoms with van der Waals surface area (Å²) in [5.74, 6) is 2.06.